The minimum Gasteiger partial charge on any atom is -0.466 e. The molecule has 1 saturated carbocycles. The average Bonchev–Trinajstić information content (AvgIpc) is 3.43. The first kappa shape index (κ1) is 30.5. The van der Waals surface area contributed by atoms with Crippen LogP contribution in [0.3, 0.4) is 0 Å². The Bertz CT molecular complexity index is 1320. The quantitative estimate of drug-likeness (QED) is 0.157. The van der Waals surface area contributed by atoms with Crippen LogP contribution in [-0.2, 0) is 30.2 Å². The Morgan fingerprint density at radius 1 is 0.927 bits per heavy atom. The van der Waals surface area contributed by atoms with Gasteiger partial charge in [0.05, 0.1) is 29.8 Å². The van der Waals surface area contributed by atoms with E-state index in [4.69, 9.17) is 15.1 Å². The lowest BCUT2D eigenvalue weighted by Crippen LogP contribution is -2.34. The molecule has 0 aliphatic heterocycles. The fraction of sp³-hybridized carbons (Fsp3) is 0.467. The number of anilines is 1. The fourth-order valence-electron chi connectivity index (χ4n) is 5.37. The zero-order valence-electron chi connectivity index (χ0n) is 23.1. The number of aromatic nitrogens is 1. The third kappa shape index (κ3) is 7.62. The van der Waals surface area contributed by atoms with Crippen molar-refractivity contribution in [2.24, 2.45) is 5.92 Å². The van der Waals surface area contributed by atoms with E-state index in [0.29, 0.717) is 36.0 Å². The van der Waals surface area contributed by atoms with Gasteiger partial charge in [0, 0.05) is 30.6 Å². The van der Waals surface area contributed by atoms with Crippen LogP contribution in [-0.4, -0.2) is 35.6 Å². The van der Waals surface area contributed by atoms with Crippen molar-refractivity contribution in [1.82, 2.24) is 9.88 Å². The number of rotatable bonds is 9. The molecule has 3 aromatic rings. The summed E-state index contributed by atoms with van der Waals surface area (Å²) in [6.07, 6.45) is -5.33. The lowest BCUT2D eigenvalue weighted by molar-refractivity contribution is -0.143. The molecule has 0 spiro atoms. The van der Waals surface area contributed by atoms with Crippen molar-refractivity contribution in [2.45, 2.75) is 65.0 Å². The molecule has 0 bridgehead atoms. The Balaban J connectivity index is 1.76. The van der Waals surface area contributed by atoms with Crippen molar-refractivity contribution in [3.63, 3.8) is 0 Å². The van der Waals surface area contributed by atoms with Gasteiger partial charge in [0.25, 0.3) is 6.02 Å². The van der Waals surface area contributed by atoms with Gasteiger partial charge in [-0.15, -0.1) is 0 Å². The van der Waals surface area contributed by atoms with E-state index in [1.807, 2.05) is 37.3 Å². The van der Waals surface area contributed by atoms with Gasteiger partial charge in [-0.3, -0.25) is 5.41 Å². The molecule has 1 N–H and O–H groups in total. The zero-order valence-corrected chi connectivity index (χ0v) is 23.1. The van der Waals surface area contributed by atoms with Gasteiger partial charge < -0.3 is 14.5 Å². The fourth-order valence-corrected chi connectivity index (χ4v) is 5.37. The molecule has 0 amide bonds. The molecule has 41 heavy (non-hydrogen) atoms. The molecule has 2 aromatic carbocycles. The zero-order chi connectivity index (χ0) is 29.8. The molecule has 0 atom stereocenters. The van der Waals surface area contributed by atoms with Crippen molar-refractivity contribution in [3.05, 3.63) is 70.8 Å². The molecule has 4 rings (SSSR count). The summed E-state index contributed by atoms with van der Waals surface area (Å²) in [6, 6.07) is 10.6. The number of halogens is 6. The Labute approximate surface area is 235 Å². The normalized spacial score (nSPS) is 14.4. The first-order valence-electron chi connectivity index (χ1n) is 13.8. The minimum absolute atomic E-state index is 0.00473. The van der Waals surface area contributed by atoms with Crippen molar-refractivity contribution in [2.75, 3.05) is 24.6 Å². The summed E-state index contributed by atoms with van der Waals surface area (Å²) in [7, 11) is 0. The lowest BCUT2D eigenvalue weighted by atomic mass is 10.0. The SMILES string of the molecule is CCOC(=N)N(Cc1cc(C(F)(F)F)cc(C(F)(F)F)c1)Cc1cc2ccccc2nc1N(CC)CC1CCCC1. The predicted molar refractivity (Wildman–Crippen MR) is 147 cm³/mol. The second kappa shape index (κ2) is 12.6. The molecule has 1 aliphatic rings. The summed E-state index contributed by atoms with van der Waals surface area (Å²) in [5.74, 6) is 1.20. The number of fused-ring (bicyclic) bond motifs is 1. The maximum absolute atomic E-state index is 13.5. The largest absolute Gasteiger partial charge is 0.466 e. The molecule has 11 heteroatoms. The van der Waals surface area contributed by atoms with E-state index in [9.17, 15) is 26.3 Å². The second-order valence-electron chi connectivity index (χ2n) is 10.4. The standard InChI is InChI=1S/C30H34F6N4O/c1-3-39(17-20-9-5-6-10-20)27-23(15-22-11-7-8-12-26(22)38-27)19-40(28(37)41-4-2)18-21-13-24(29(31,32)33)16-25(14-21)30(34,35)36/h7-8,11-16,20,37H,3-6,9-10,17-19H2,1-2H3. The molecule has 1 aliphatic carbocycles. The van der Waals surface area contributed by atoms with Crippen LogP contribution >= 0.6 is 0 Å². The van der Waals surface area contributed by atoms with Gasteiger partial charge in [-0.2, -0.15) is 26.3 Å². The first-order chi connectivity index (χ1) is 19.4. The van der Waals surface area contributed by atoms with Crippen LogP contribution in [0.1, 0.15) is 61.8 Å². The van der Waals surface area contributed by atoms with Crippen LogP contribution in [0.2, 0.25) is 0 Å². The number of benzene rings is 2. The van der Waals surface area contributed by atoms with Crippen LogP contribution in [0.15, 0.2) is 48.5 Å². The molecule has 0 radical (unpaired) electrons. The van der Waals surface area contributed by atoms with E-state index in [0.717, 1.165) is 30.3 Å². The highest BCUT2D eigenvalue weighted by Gasteiger charge is 2.37. The maximum Gasteiger partial charge on any atom is 0.416 e. The maximum atomic E-state index is 13.5. The predicted octanol–water partition coefficient (Wildman–Crippen LogP) is 8.26. The third-order valence-corrected chi connectivity index (χ3v) is 7.37. The highest BCUT2D eigenvalue weighted by atomic mass is 19.4. The molecular weight excluding hydrogens is 546 g/mol. The highest BCUT2D eigenvalue weighted by Crippen LogP contribution is 2.37. The summed E-state index contributed by atoms with van der Waals surface area (Å²) in [5.41, 5.74) is -1.55. The number of amidine groups is 1. The summed E-state index contributed by atoms with van der Waals surface area (Å²) >= 11 is 0. The van der Waals surface area contributed by atoms with Crippen molar-refractivity contribution >= 4 is 22.7 Å². The smallest absolute Gasteiger partial charge is 0.416 e. The molecule has 0 saturated heterocycles. The second-order valence-corrected chi connectivity index (χ2v) is 10.4. The van der Waals surface area contributed by atoms with E-state index in [2.05, 4.69) is 4.90 Å². The van der Waals surface area contributed by atoms with Crippen LogP contribution in [0.5, 0.6) is 0 Å². The van der Waals surface area contributed by atoms with Crippen LogP contribution in [0.4, 0.5) is 32.2 Å². The number of alkyl halides is 6. The van der Waals surface area contributed by atoms with Gasteiger partial charge in [0.2, 0.25) is 0 Å². The summed E-state index contributed by atoms with van der Waals surface area (Å²) in [4.78, 5) is 8.46. The van der Waals surface area contributed by atoms with Crippen molar-refractivity contribution in [1.29, 1.82) is 5.41 Å². The summed E-state index contributed by atoms with van der Waals surface area (Å²) in [6.45, 7) is 4.86. The monoisotopic (exact) mass is 580 g/mol. The third-order valence-electron chi connectivity index (χ3n) is 7.37. The van der Waals surface area contributed by atoms with Crippen molar-refractivity contribution < 1.29 is 31.1 Å². The van der Waals surface area contributed by atoms with E-state index in [1.54, 1.807) is 6.92 Å². The summed E-state index contributed by atoms with van der Waals surface area (Å²) in [5, 5.41) is 9.33. The molecule has 1 aromatic heterocycles. The Morgan fingerprint density at radius 3 is 2.15 bits per heavy atom. The van der Waals surface area contributed by atoms with Gasteiger partial charge in [-0.25, -0.2) is 4.98 Å². The minimum atomic E-state index is -4.97. The Morgan fingerprint density at radius 2 is 1.56 bits per heavy atom. The number of ether oxygens (including phenoxy) is 1. The number of para-hydroxylation sites is 1. The topological polar surface area (TPSA) is 52.5 Å². The average molecular weight is 581 g/mol. The molecule has 1 heterocycles. The van der Waals surface area contributed by atoms with Gasteiger partial charge in [-0.1, -0.05) is 31.0 Å². The van der Waals surface area contributed by atoms with Crippen LogP contribution < -0.4 is 4.90 Å². The van der Waals surface area contributed by atoms with Crippen molar-refractivity contribution in [3.8, 4) is 0 Å². The Kier molecular flexibility index (Phi) is 9.34. The number of pyridine rings is 1. The van der Waals surface area contributed by atoms with Crippen LogP contribution in [0.25, 0.3) is 10.9 Å². The highest BCUT2D eigenvalue weighted by molar-refractivity contribution is 5.82. The van der Waals surface area contributed by atoms with Crippen LogP contribution in [0, 0.1) is 11.3 Å². The van der Waals surface area contributed by atoms with Gasteiger partial charge in [0.15, 0.2) is 0 Å². The molecule has 5 nitrogen and oxygen atoms in total. The van der Waals surface area contributed by atoms with E-state index < -0.39 is 30.0 Å². The van der Waals surface area contributed by atoms with E-state index in [1.165, 1.54) is 17.7 Å². The lowest BCUT2D eigenvalue weighted by Gasteiger charge is -2.30. The van der Waals surface area contributed by atoms with Gasteiger partial charge >= 0.3 is 12.4 Å². The molecular formula is C30H34F6N4O. The van der Waals surface area contributed by atoms with Gasteiger partial charge in [-0.05, 0) is 68.5 Å². The summed E-state index contributed by atoms with van der Waals surface area (Å²) < 4.78 is 86.6. The number of nitrogens with one attached hydrogen (secondary N) is 1. The number of hydrogen-bond donors (Lipinski definition) is 1. The first-order valence-corrected chi connectivity index (χ1v) is 13.8. The Hall–Kier alpha value is -3.50. The number of nitrogens with zero attached hydrogens (tertiary/aromatic N) is 3. The molecule has 1 fully saturated rings. The molecule has 0 unspecified atom stereocenters. The van der Waals surface area contributed by atoms with E-state index in [-0.39, 0.29) is 30.8 Å². The van der Waals surface area contributed by atoms with Gasteiger partial charge in [0.1, 0.15) is 5.82 Å². The molecule has 222 valence electrons. The number of hydrogen-bond acceptors (Lipinski definition) is 4. The van der Waals surface area contributed by atoms with E-state index >= 15 is 0 Å².